The lowest BCUT2D eigenvalue weighted by molar-refractivity contribution is -0.384. The number of benzene rings is 1. The fraction of sp³-hybridized carbons (Fsp3) is 0.429. The van der Waals surface area contributed by atoms with Gasteiger partial charge in [-0.25, -0.2) is 0 Å². The third-order valence-corrected chi connectivity index (χ3v) is 3.55. The van der Waals surface area contributed by atoms with Crippen molar-refractivity contribution in [3.8, 4) is 11.4 Å². The Morgan fingerprint density at radius 2 is 2.29 bits per heavy atom. The van der Waals surface area contributed by atoms with Gasteiger partial charge in [-0.1, -0.05) is 11.2 Å². The number of nitro groups is 1. The molecule has 21 heavy (non-hydrogen) atoms. The van der Waals surface area contributed by atoms with E-state index in [-0.39, 0.29) is 5.69 Å². The molecule has 7 heteroatoms. The van der Waals surface area contributed by atoms with E-state index in [2.05, 4.69) is 15.5 Å². The number of hydrogen-bond donors (Lipinski definition) is 1. The van der Waals surface area contributed by atoms with Crippen LogP contribution in [-0.2, 0) is 6.54 Å². The average Bonchev–Trinajstić information content (AvgIpc) is 3.16. The first-order valence-electron chi connectivity index (χ1n) is 6.92. The third-order valence-electron chi connectivity index (χ3n) is 3.55. The lowest BCUT2D eigenvalue weighted by atomic mass is 10.1. The maximum absolute atomic E-state index is 10.8. The Morgan fingerprint density at radius 3 is 3.00 bits per heavy atom. The summed E-state index contributed by atoms with van der Waals surface area (Å²) in [6.45, 7) is 3.35. The molecule has 110 valence electrons. The average molecular weight is 288 g/mol. The first kappa shape index (κ1) is 13.7. The van der Waals surface area contributed by atoms with Gasteiger partial charge in [-0.05, 0) is 37.8 Å². The summed E-state index contributed by atoms with van der Waals surface area (Å²) in [4.78, 5) is 14.7. The molecule has 1 aliphatic rings. The van der Waals surface area contributed by atoms with Crippen molar-refractivity contribution in [3.05, 3.63) is 39.8 Å². The molecule has 0 amide bonds. The van der Waals surface area contributed by atoms with Crippen LogP contribution in [0.1, 0.15) is 24.3 Å². The molecule has 1 saturated carbocycles. The van der Waals surface area contributed by atoms with Crippen LogP contribution < -0.4 is 5.32 Å². The number of nitrogens with one attached hydrogen (secondary N) is 1. The Bertz CT molecular complexity index is 664. The maximum Gasteiger partial charge on any atom is 0.270 e. The Balaban J connectivity index is 1.75. The van der Waals surface area contributed by atoms with Crippen LogP contribution in [-0.4, -0.2) is 21.6 Å². The molecule has 0 saturated heterocycles. The first-order chi connectivity index (χ1) is 10.1. The zero-order chi connectivity index (χ0) is 14.8. The van der Waals surface area contributed by atoms with Gasteiger partial charge in [-0.3, -0.25) is 10.1 Å². The summed E-state index contributed by atoms with van der Waals surface area (Å²) in [7, 11) is 0. The molecule has 1 aromatic heterocycles. The zero-order valence-corrected chi connectivity index (χ0v) is 11.7. The number of aromatic nitrogens is 2. The molecular weight excluding hydrogens is 272 g/mol. The Morgan fingerprint density at radius 1 is 1.48 bits per heavy atom. The molecule has 0 bridgehead atoms. The van der Waals surface area contributed by atoms with Gasteiger partial charge in [0.2, 0.25) is 11.7 Å². The molecular formula is C14H16N4O3. The summed E-state index contributed by atoms with van der Waals surface area (Å²) in [5, 5.41) is 18.0. The van der Waals surface area contributed by atoms with E-state index in [1.807, 2.05) is 6.92 Å². The van der Waals surface area contributed by atoms with E-state index in [9.17, 15) is 10.1 Å². The fourth-order valence-electron chi connectivity index (χ4n) is 2.11. The second-order valence-electron chi connectivity index (χ2n) is 5.34. The molecule has 7 nitrogen and oxygen atoms in total. The summed E-state index contributed by atoms with van der Waals surface area (Å²) in [6.07, 6.45) is 2.57. The summed E-state index contributed by atoms with van der Waals surface area (Å²) >= 11 is 0. The summed E-state index contributed by atoms with van der Waals surface area (Å²) in [5.41, 5.74) is 1.52. The van der Waals surface area contributed by atoms with Gasteiger partial charge >= 0.3 is 0 Å². The van der Waals surface area contributed by atoms with Crippen LogP contribution in [0.5, 0.6) is 0 Å². The molecule has 1 fully saturated rings. The first-order valence-corrected chi connectivity index (χ1v) is 6.92. The number of non-ortho nitro benzene ring substituents is 1. The minimum atomic E-state index is -0.429. The number of rotatable bonds is 6. The van der Waals surface area contributed by atoms with E-state index < -0.39 is 4.92 Å². The summed E-state index contributed by atoms with van der Waals surface area (Å²) in [6, 6.07) is 4.63. The van der Waals surface area contributed by atoms with Gasteiger partial charge in [0, 0.05) is 17.7 Å². The fourth-order valence-corrected chi connectivity index (χ4v) is 2.11. The number of nitro benzene ring substituents is 1. The summed E-state index contributed by atoms with van der Waals surface area (Å²) < 4.78 is 5.18. The van der Waals surface area contributed by atoms with E-state index in [0.717, 1.165) is 18.0 Å². The molecule has 1 aromatic carbocycles. The van der Waals surface area contributed by atoms with Gasteiger partial charge < -0.3 is 9.84 Å². The molecule has 0 spiro atoms. The van der Waals surface area contributed by atoms with Gasteiger partial charge in [-0.2, -0.15) is 4.98 Å². The van der Waals surface area contributed by atoms with E-state index in [1.165, 1.54) is 25.0 Å². The molecule has 0 atom stereocenters. The van der Waals surface area contributed by atoms with E-state index in [1.54, 1.807) is 6.07 Å². The smallest absolute Gasteiger partial charge is 0.270 e. The Labute approximate surface area is 121 Å². The second kappa shape index (κ2) is 5.61. The van der Waals surface area contributed by atoms with E-state index in [0.29, 0.717) is 23.8 Å². The molecule has 2 aromatic rings. The standard InChI is InChI=1S/C14H16N4O3/c1-9-2-5-11(18(19)20)6-12(9)14-16-13(21-17-14)8-15-7-10-3-4-10/h2,5-6,10,15H,3-4,7-8H2,1H3. The van der Waals surface area contributed by atoms with Crippen LogP contribution in [0.3, 0.4) is 0 Å². The van der Waals surface area contributed by atoms with Crippen molar-refractivity contribution in [3.63, 3.8) is 0 Å². The Kier molecular flexibility index (Phi) is 3.66. The highest BCUT2D eigenvalue weighted by molar-refractivity contribution is 5.63. The van der Waals surface area contributed by atoms with Crippen molar-refractivity contribution in [2.75, 3.05) is 6.54 Å². The van der Waals surface area contributed by atoms with E-state index >= 15 is 0 Å². The number of aryl methyl sites for hydroxylation is 1. The van der Waals surface area contributed by atoms with Crippen LogP contribution in [0, 0.1) is 23.0 Å². The molecule has 0 aliphatic heterocycles. The lowest BCUT2D eigenvalue weighted by Gasteiger charge is -2.00. The summed E-state index contributed by atoms with van der Waals surface area (Å²) in [5.74, 6) is 1.67. The molecule has 0 unspecified atom stereocenters. The van der Waals surface area contributed by atoms with Gasteiger partial charge in [0.25, 0.3) is 5.69 Å². The highest BCUT2D eigenvalue weighted by Crippen LogP contribution is 2.28. The second-order valence-corrected chi connectivity index (χ2v) is 5.34. The van der Waals surface area contributed by atoms with Gasteiger partial charge in [-0.15, -0.1) is 0 Å². The highest BCUT2D eigenvalue weighted by atomic mass is 16.6. The predicted molar refractivity (Wildman–Crippen MR) is 75.6 cm³/mol. The molecule has 1 heterocycles. The largest absolute Gasteiger partial charge is 0.338 e. The lowest BCUT2D eigenvalue weighted by Crippen LogP contribution is -2.16. The van der Waals surface area contributed by atoms with Crippen molar-refractivity contribution in [1.82, 2.24) is 15.5 Å². The van der Waals surface area contributed by atoms with Crippen LogP contribution in [0.4, 0.5) is 5.69 Å². The molecule has 1 aliphatic carbocycles. The van der Waals surface area contributed by atoms with Gasteiger partial charge in [0.05, 0.1) is 11.5 Å². The third kappa shape index (κ3) is 3.25. The van der Waals surface area contributed by atoms with Gasteiger partial charge in [0.1, 0.15) is 0 Å². The van der Waals surface area contributed by atoms with Crippen molar-refractivity contribution < 1.29 is 9.45 Å². The predicted octanol–water partition coefficient (Wildman–Crippen LogP) is 2.45. The number of nitrogens with zero attached hydrogens (tertiary/aromatic N) is 3. The quantitative estimate of drug-likeness (QED) is 0.648. The van der Waals surface area contributed by atoms with Gasteiger partial charge in [0.15, 0.2) is 0 Å². The van der Waals surface area contributed by atoms with Crippen molar-refractivity contribution >= 4 is 5.69 Å². The molecule has 3 rings (SSSR count). The van der Waals surface area contributed by atoms with Crippen molar-refractivity contribution in [2.45, 2.75) is 26.3 Å². The van der Waals surface area contributed by atoms with Crippen LogP contribution in [0.15, 0.2) is 22.7 Å². The highest BCUT2D eigenvalue weighted by Gasteiger charge is 2.21. The normalized spacial score (nSPS) is 14.3. The topological polar surface area (TPSA) is 94.1 Å². The van der Waals surface area contributed by atoms with Crippen LogP contribution in [0.2, 0.25) is 0 Å². The van der Waals surface area contributed by atoms with Crippen LogP contribution in [0.25, 0.3) is 11.4 Å². The Hall–Kier alpha value is -2.28. The maximum atomic E-state index is 10.8. The van der Waals surface area contributed by atoms with Crippen LogP contribution >= 0.6 is 0 Å². The van der Waals surface area contributed by atoms with Crippen molar-refractivity contribution in [1.29, 1.82) is 0 Å². The molecule has 0 radical (unpaired) electrons. The zero-order valence-electron chi connectivity index (χ0n) is 11.7. The molecule has 1 N–H and O–H groups in total. The minimum Gasteiger partial charge on any atom is -0.338 e. The number of hydrogen-bond acceptors (Lipinski definition) is 6. The minimum absolute atomic E-state index is 0.0220. The monoisotopic (exact) mass is 288 g/mol. The SMILES string of the molecule is Cc1ccc([N+](=O)[O-])cc1-c1noc(CNCC2CC2)n1. The van der Waals surface area contributed by atoms with E-state index in [4.69, 9.17) is 4.52 Å². The van der Waals surface area contributed by atoms with Crippen molar-refractivity contribution in [2.24, 2.45) is 5.92 Å².